The lowest BCUT2D eigenvalue weighted by Gasteiger charge is -2.05. The molecule has 0 unspecified atom stereocenters. The van der Waals surface area contributed by atoms with Crippen LogP contribution in [0.5, 0.6) is 0 Å². The average Bonchev–Trinajstić information content (AvgIpc) is 3.27. The molecule has 0 spiro atoms. The van der Waals surface area contributed by atoms with Crippen LogP contribution in [-0.2, 0) is 4.79 Å². The fourth-order valence-corrected chi connectivity index (χ4v) is 4.98. The fraction of sp³-hybridized carbons (Fsp3) is 0.0526. The van der Waals surface area contributed by atoms with Gasteiger partial charge in [0.25, 0.3) is 0 Å². The third-order valence-corrected chi connectivity index (χ3v) is 6.47. The van der Waals surface area contributed by atoms with Crippen molar-refractivity contribution in [2.75, 3.05) is 11.1 Å². The van der Waals surface area contributed by atoms with Gasteiger partial charge >= 0.3 is 0 Å². The van der Waals surface area contributed by atoms with Crippen molar-refractivity contribution in [2.45, 2.75) is 4.90 Å². The minimum Gasteiger partial charge on any atom is -0.316 e. The number of hydrogen-bond donors (Lipinski definition) is 1. The van der Waals surface area contributed by atoms with Crippen molar-refractivity contribution in [3.8, 4) is 10.6 Å². The van der Waals surface area contributed by atoms with Crippen LogP contribution < -0.4 is 5.32 Å². The number of fused-ring (bicyclic) bond motifs is 1. The number of amides is 1. The van der Waals surface area contributed by atoms with Crippen LogP contribution in [0.4, 0.5) is 5.00 Å². The van der Waals surface area contributed by atoms with E-state index in [2.05, 4.69) is 16.4 Å². The topological polar surface area (TPSA) is 42.0 Å². The van der Waals surface area contributed by atoms with Gasteiger partial charge in [-0.3, -0.25) is 4.79 Å². The van der Waals surface area contributed by atoms with E-state index in [1.165, 1.54) is 23.1 Å². The number of thioether (sulfide) groups is 1. The minimum atomic E-state index is -0.00124. The first kappa shape index (κ1) is 16.3. The van der Waals surface area contributed by atoms with E-state index in [-0.39, 0.29) is 5.91 Å². The molecule has 4 aromatic rings. The number of benzene rings is 2. The first-order valence-electron chi connectivity index (χ1n) is 7.71. The van der Waals surface area contributed by atoms with Gasteiger partial charge in [0.1, 0.15) is 10.0 Å². The van der Waals surface area contributed by atoms with Crippen LogP contribution in [0.1, 0.15) is 0 Å². The summed E-state index contributed by atoms with van der Waals surface area (Å²) in [5.74, 6) is 0.389. The second-order valence-corrected chi connectivity index (χ2v) is 8.30. The van der Waals surface area contributed by atoms with Gasteiger partial charge in [-0.1, -0.05) is 30.3 Å². The number of anilines is 1. The predicted molar refractivity (Wildman–Crippen MR) is 109 cm³/mol. The molecule has 2 aromatic carbocycles. The maximum atomic E-state index is 12.3. The SMILES string of the molecule is O=C(CSc1ccccc1)Nc1sccc1-c1nc2ccccc2s1. The zero-order chi connectivity index (χ0) is 17.1. The average molecular weight is 383 g/mol. The number of para-hydroxylation sites is 1. The van der Waals surface area contributed by atoms with Crippen LogP contribution >= 0.6 is 34.4 Å². The minimum absolute atomic E-state index is 0.00124. The largest absolute Gasteiger partial charge is 0.316 e. The number of hydrogen-bond acceptors (Lipinski definition) is 5. The Balaban J connectivity index is 1.48. The summed E-state index contributed by atoms with van der Waals surface area (Å²) < 4.78 is 1.15. The van der Waals surface area contributed by atoms with Gasteiger partial charge in [-0.15, -0.1) is 34.4 Å². The molecule has 1 N–H and O–H groups in total. The number of rotatable bonds is 5. The molecule has 3 nitrogen and oxygen atoms in total. The molecule has 1 amide bonds. The molecular weight excluding hydrogens is 368 g/mol. The van der Waals surface area contributed by atoms with Crippen LogP contribution in [0.3, 0.4) is 0 Å². The van der Waals surface area contributed by atoms with Crippen molar-refractivity contribution in [3.05, 3.63) is 66.0 Å². The predicted octanol–water partition coefficient (Wildman–Crippen LogP) is 5.76. The van der Waals surface area contributed by atoms with E-state index < -0.39 is 0 Å². The molecule has 0 aliphatic carbocycles. The summed E-state index contributed by atoms with van der Waals surface area (Å²) in [7, 11) is 0. The third kappa shape index (κ3) is 3.76. The van der Waals surface area contributed by atoms with E-state index in [1.54, 1.807) is 11.3 Å². The third-order valence-electron chi connectivity index (χ3n) is 3.56. The van der Waals surface area contributed by atoms with Gasteiger partial charge in [-0.25, -0.2) is 4.98 Å². The fourth-order valence-electron chi connectivity index (χ4n) is 2.39. The maximum absolute atomic E-state index is 12.3. The highest BCUT2D eigenvalue weighted by atomic mass is 32.2. The summed E-state index contributed by atoms with van der Waals surface area (Å²) in [5.41, 5.74) is 1.98. The molecule has 0 aliphatic rings. The van der Waals surface area contributed by atoms with Crippen LogP contribution in [0, 0.1) is 0 Å². The first-order valence-corrected chi connectivity index (χ1v) is 10.4. The van der Waals surface area contributed by atoms with E-state index in [4.69, 9.17) is 0 Å². The van der Waals surface area contributed by atoms with Crippen molar-refractivity contribution >= 4 is 55.6 Å². The molecule has 0 saturated carbocycles. The van der Waals surface area contributed by atoms with E-state index in [0.29, 0.717) is 5.75 Å². The zero-order valence-corrected chi connectivity index (χ0v) is 15.6. The quantitative estimate of drug-likeness (QED) is 0.447. The summed E-state index contributed by atoms with van der Waals surface area (Å²) in [6.07, 6.45) is 0. The lowest BCUT2D eigenvalue weighted by Crippen LogP contribution is -2.13. The Labute approximate surface area is 157 Å². The number of carbonyl (C=O) groups is 1. The molecular formula is C19H14N2OS3. The summed E-state index contributed by atoms with van der Waals surface area (Å²) in [4.78, 5) is 18.1. The molecule has 0 bridgehead atoms. The summed E-state index contributed by atoms with van der Waals surface area (Å²) in [6, 6.07) is 20.0. The van der Waals surface area contributed by atoms with Gasteiger partial charge in [0.2, 0.25) is 5.91 Å². The molecule has 0 aliphatic heterocycles. The standard InChI is InChI=1S/C19H14N2OS3/c22-17(12-24-13-6-2-1-3-7-13)21-18-14(10-11-23-18)19-20-15-8-4-5-9-16(15)25-19/h1-11H,12H2,(H,21,22). The van der Waals surface area contributed by atoms with Crippen LogP contribution in [0.2, 0.25) is 0 Å². The first-order chi connectivity index (χ1) is 12.3. The second-order valence-electron chi connectivity index (χ2n) is 5.30. The Morgan fingerprint density at radius 3 is 2.68 bits per heavy atom. The van der Waals surface area contributed by atoms with E-state index in [1.807, 2.05) is 60.0 Å². The Hall–Kier alpha value is -2.15. The Bertz CT molecular complexity index is 975. The molecule has 0 atom stereocenters. The van der Waals surface area contributed by atoms with Gasteiger partial charge < -0.3 is 5.32 Å². The lowest BCUT2D eigenvalue weighted by molar-refractivity contribution is -0.113. The smallest absolute Gasteiger partial charge is 0.235 e. The molecule has 25 heavy (non-hydrogen) atoms. The molecule has 6 heteroatoms. The number of nitrogens with one attached hydrogen (secondary N) is 1. The number of aromatic nitrogens is 1. The molecule has 4 rings (SSSR count). The molecule has 2 aromatic heterocycles. The summed E-state index contributed by atoms with van der Waals surface area (Å²) in [5, 5.41) is 6.81. The molecule has 0 radical (unpaired) electrons. The van der Waals surface area contributed by atoms with E-state index in [0.717, 1.165) is 30.7 Å². The van der Waals surface area contributed by atoms with Crippen molar-refractivity contribution in [3.63, 3.8) is 0 Å². The highest BCUT2D eigenvalue weighted by Crippen LogP contribution is 2.37. The number of nitrogens with zero attached hydrogens (tertiary/aromatic N) is 1. The van der Waals surface area contributed by atoms with Crippen LogP contribution in [-0.4, -0.2) is 16.6 Å². The Morgan fingerprint density at radius 1 is 1.04 bits per heavy atom. The number of thiophene rings is 1. The summed E-state index contributed by atoms with van der Waals surface area (Å²) in [6.45, 7) is 0. The van der Waals surface area contributed by atoms with Gasteiger partial charge in [-0.05, 0) is 35.7 Å². The van der Waals surface area contributed by atoms with E-state index in [9.17, 15) is 4.79 Å². The van der Waals surface area contributed by atoms with Gasteiger partial charge in [0, 0.05) is 10.5 Å². The molecule has 124 valence electrons. The lowest BCUT2D eigenvalue weighted by atomic mass is 10.3. The number of carbonyl (C=O) groups excluding carboxylic acids is 1. The normalized spacial score (nSPS) is 10.9. The van der Waals surface area contributed by atoms with Crippen molar-refractivity contribution in [2.24, 2.45) is 0 Å². The van der Waals surface area contributed by atoms with Gasteiger partial charge in [-0.2, -0.15) is 0 Å². The Morgan fingerprint density at radius 2 is 1.84 bits per heavy atom. The van der Waals surface area contributed by atoms with Crippen molar-refractivity contribution in [1.29, 1.82) is 0 Å². The Kier molecular flexibility index (Phi) is 4.83. The van der Waals surface area contributed by atoms with Crippen molar-refractivity contribution in [1.82, 2.24) is 4.98 Å². The molecule has 2 heterocycles. The van der Waals surface area contributed by atoms with Crippen LogP contribution in [0.25, 0.3) is 20.8 Å². The van der Waals surface area contributed by atoms with Gasteiger partial charge in [0.15, 0.2) is 0 Å². The van der Waals surface area contributed by atoms with Crippen molar-refractivity contribution < 1.29 is 4.79 Å². The zero-order valence-electron chi connectivity index (χ0n) is 13.1. The highest BCUT2D eigenvalue weighted by Gasteiger charge is 2.14. The van der Waals surface area contributed by atoms with E-state index >= 15 is 0 Å². The monoisotopic (exact) mass is 382 g/mol. The second kappa shape index (κ2) is 7.39. The molecule has 0 fully saturated rings. The highest BCUT2D eigenvalue weighted by molar-refractivity contribution is 8.00. The number of thiazole rings is 1. The molecule has 0 saturated heterocycles. The van der Waals surface area contributed by atoms with Crippen LogP contribution in [0.15, 0.2) is 70.9 Å². The van der Waals surface area contributed by atoms with Gasteiger partial charge in [0.05, 0.1) is 16.0 Å². The summed E-state index contributed by atoms with van der Waals surface area (Å²) >= 11 is 4.71. The maximum Gasteiger partial charge on any atom is 0.235 e.